The number of aliphatic hydroxyl groups excluding tert-OH is 1. The molecule has 41 heavy (non-hydrogen) atoms. The van der Waals surface area contributed by atoms with Crippen LogP contribution in [0, 0.1) is 0 Å². The van der Waals surface area contributed by atoms with Crippen LogP contribution >= 0.6 is 0 Å². The van der Waals surface area contributed by atoms with Crippen molar-refractivity contribution in [1.29, 1.82) is 0 Å². The van der Waals surface area contributed by atoms with Crippen LogP contribution in [-0.2, 0) is 30.5 Å². The molecule has 3 aromatic carbocycles. The average Bonchev–Trinajstić information content (AvgIpc) is 3.34. The first-order valence-electron chi connectivity index (χ1n) is 13.2. The predicted molar refractivity (Wildman–Crippen MR) is 153 cm³/mol. The van der Waals surface area contributed by atoms with Gasteiger partial charge in [0.2, 0.25) is 0 Å². The lowest BCUT2D eigenvalue weighted by Crippen LogP contribution is -2.58. The summed E-state index contributed by atoms with van der Waals surface area (Å²) in [5.74, 6) is -4.25. The fourth-order valence-corrected chi connectivity index (χ4v) is 5.40. The molecule has 2 aliphatic rings. The van der Waals surface area contributed by atoms with Gasteiger partial charge in [-0.15, -0.1) is 0 Å². The summed E-state index contributed by atoms with van der Waals surface area (Å²) in [7, 11) is 0. The van der Waals surface area contributed by atoms with Crippen molar-refractivity contribution < 1.29 is 29.0 Å². The first-order chi connectivity index (χ1) is 19.8. The minimum absolute atomic E-state index is 0.00919. The number of hydrogen-bond donors (Lipinski definition) is 1. The molecule has 2 aliphatic heterocycles. The van der Waals surface area contributed by atoms with Crippen LogP contribution in [0.15, 0.2) is 120 Å². The lowest BCUT2D eigenvalue weighted by atomic mass is 9.80. The van der Waals surface area contributed by atoms with E-state index in [2.05, 4.69) is 0 Å². The number of anilines is 1. The highest BCUT2D eigenvalue weighted by molar-refractivity contribution is 6.31. The lowest BCUT2D eigenvalue weighted by Gasteiger charge is -2.36. The second-order valence-electron chi connectivity index (χ2n) is 9.58. The van der Waals surface area contributed by atoms with E-state index in [1.54, 1.807) is 68.4 Å². The molecular formula is C33H28N2O6. The van der Waals surface area contributed by atoms with E-state index in [1.807, 2.05) is 36.4 Å². The van der Waals surface area contributed by atoms with Crippen LogP contribution in [-0.4, -0.2) is 45.7 Å². The molecule has 3 aromatic rings. The minimum Gasteiger partial charge on any atom is -0.503 e. The first-order valence-corrected chi connectivity index (χ1v) is 13.2. The summed E-state index contributed by atoms with van der Waals surface area (Å²) in [6, 6.07) is 26.3. The van der Waals surface area contributed by atoms with Crippen LogP contribution in [0.5, 0.6) is 0 Å². The molecule has 1 atom stereocenters. The Labute approximate surface area is 237 Å². The van der Waals surface area contributed by atoms with Gasteiger partial charge in [0.25, 0.3) is 11.8 Å². The molecule has 2 amide bonds. The van der Waals surface area contributed by atoms with E-state index in [-0.39, 0.29) is 30.1 Å². The highest BCUT2D eigenvalue weighted by Gasteiger charge is 2.68. The summed E-state index contributed by atoms with van der Waals surface area (Å²) in [4.78, 5) is 58.5. The number of ether oxygens (including phenoxy) is 1. The smallest absolute Gasteiger partial charge is 0.339 e. The third-order valence-corrected chi connectivity index (χ3v) is 7.17. The molecule has 0 bridgehead atoms. The van der Waals surface area contributed by atoms with Gasteiger partial charge >= 0.3 is 5.97 Å². The van der Waals surface area contributed by atoms with Crippen molar-refractivity contribution in [2.75, 3.05) is 11.5 Å². The first kappa shape index (κ1) is 27.3. The Hall–Kier alpha value is -5.24. The van der Waals surface area contributed by atoms with Gasteiger partial charge in [-0.1, -0.05) is 84.9 Å². The molecule has 8 nitrogen and oxygen atoms in total. The van der Waals surface area contributed by atoms with E-state index in [0.29, 0.717) is 5.56 Å². The molecule has 0 aromatic heterocycles. The molecule has 1 spiro atoms. The molecule has 1 unspecified atom stereocenters. The monoisotopic (exact) mass is 548 g/mol. The van der Waals surface area contributed by atoms with Crippen molar-refractivity contribution in [2.45, 2.75) is 25.9 Å². The van der Waals surface area contributed by atoms with Crippen LogP contribution in [0.2, 0.25) is 0 Å². The largest absolute Gasteiger partial charge is 0.503 e. The van der Waals surface area contributed by atoms with E-state index < -0.39 is 40.4 Å². The molecule has 0 radical (unpaired) electrons. The number of para-hydroxylation sites is 1. The number of hydrogen-bond acceptors (Lipinski definition) is 6. The SMILES string of the molecule is CCOC(=O)C1=C(C)N(Cc2ccccc2)C(=O)C12C(C(=O)C=Cc1ccccc1)=C(O)C(=O)N2c1ccccc1. The Morgan fingerprint density at radius 2 is 1.46 bits per heavy atom. The Balaban J connectivity index is 1.75. The Morgan fingerprint density at radius 1 is 0.878 bits per heavy atom. The molecule has 0 aliphatic carbocycles. The van der Waals surface area contributed by atoms with Gasteiger partial charge in [-0.05, 0) is 43.2 Å². The van der Waals surface area contributed by atoms with Crippen molar-refractivity contribution in [2.24, 2.45) is 0 Å². The summed E-state index contributed by atoms with van der Waals surface area (Å²) in [6.07, 6.45) is 2.71. The van der Waals surface area contributed by atoms with Gasteiger partial charge in [0, 0.05) is 11.4 Å². The number of amides is 2. The molecule has 8 heteroatoms. The Morgan fingerprint density at radius 3 is 2.07 bits per heavy atom. The maximum atomic E-state index is 14.7. The summed E-state index contributed by atoms with van der Waals surface area (Å²) in [5.41, 5.74) is -1.08. The van der Waals surface area contributed by atoms with Crippen LogP contribution in [0.25, 0.3) is 6.08 Å². The number of benzene rings is 3. The topological polar surface area (TPSA) is 104 Å². The zero-order chi connectivity index (χ0) is 29.1. The molecule has 206 valence electrons. The lowest BCUT2D eigenvalue weighted by molar-refractivity contribution is -0.140. The van der Waals surface area contributed by atoms with E-state index in [4.69, 9.17) is 4.74 Å². The average molecular weight is 549 g/mol. The molecule has 1 N–H and O–H groups in total. The molecule has 0 saturated heterocycles. The van der Waals surface area contributed by atoms with Crippen molar-refractivity contribution in [1.82, 2.24) is 4.90 Å². The van der Waals surface area contributed by atoms with Crippen molar-refractivity contribution in [3.05, 3.63) is 131 Å². The van der Waals surface area contributed by atoms with E-state index in [9.17, 15) is 24.3 Å². The van der Waals surface area contributed by atoms with Gasteiger partial charge in [0.15, 0.2) is 17.1 Å². The van der Waals surface area contributed by atoms with Gasteiger partial charge in [0.1, 0.15) is 0 Å². The fraction of sp³-hybridized carbons (Fsp3) is 0.152. The second kappa shape index (κ2) is 11.1. The van der Waals surface area contributed by atoms with Gasteiger partial charge in [-0.2, -0.15) is 0 Å². The fourth-order valence-electron chi connectivity index (χ4n) is 5.40. The standard InChI is InChI=1S/C33H28N2O6/c1-3-41-31(39)27-22(2)34(21-24-15-9-5-10-16-24)32(40)33(27)28(26(36)20-19-23-13-7-4-8-14-23)29(37)30(38)35(33)25-17-11-6-12-18-25/h4-20,37H,3,21H2,1-2H3. The highest BCUT2D eigenvalue weighted by atomic mass is 16.5. The minimum atomic E-state index is -2.29. The molecule has 0 fully saturated rings. The number of ketones is 1. The number of esters is 1. The Bertz CT molecular complexity index is 1610. The Kier molecular flexibility index (Phi) is 7.40. The third kappa shape index (κ3) is 4.53. The van der Waals surface area contributed by atoms with Gasteiger partial charge in [-0.25, -0.2) is 4.79 Å². The number of nitrogens with zero attached hydrogens (tertiary/aromatic N) is 2. The number of allylic oxidation sites excluding steroid dienone is 2. The van der Waals surface area contributed by atoms with Gasteiger partial charge in [-0.3, -0.25) is 19.3 Å². The molecular weight excluding hydrogens is 520 g/mol. The summed E-state index contributed by atoms with van der Waals surface area (Å²) in [5, 5.41) is 11.3. The molecule has 0 saturated carbocycles. The number of aliphatic hydroxyl groups is 1. The maximum absolute atomic E-state index is 14.7. The summed E-state index contributed by atoms with van der Waals surface area (Å²) in [6.45, 7) is 3.25. The van der Waals surface area contributed by atoms with Crippen LogP contribution in [0.4, 0.5) is 5.69 Å². The second-order valence-corrected chi connectivity index (χ2v) is 9.58. The van der Waals surface area contributed by atoms with E-state index in [1.165, 1.54) is 17.1 Å². The zero-order valence-electron chi connectivity index (χ0n) is 22.6. The van der Waals surface area contributed by atoms with Crippen LogP contribution < -0.4 is 4.90 Å². The molecule has 5 rings (SSSR count). The van der Waals surface area contributed by atoms with E-state index >= 15 is 0 Å². The number of carbonyl (C=O) groups is 4. The normalized spacial score (nSPS) is 18.8. The number of rotatable bonds is 8. The zero-order valence-corrected chi connectivity index (χ0v) is 22.6. The number of carbonyl (C=O) groups excluding carboxylic acids is 4. The van der Waals surface area contributed by atoms with Crippen LogP contribution in [0.1, 0.15) is 25.0 Å². The maximum Gasteiger partial charge on any atom is 0.339 e. The van der Waals surface area contributed by atoms with Crippen molar-refractivity contribution >= 4 is 35.3 Å². The predicted octanol–water partition coefficient (Wildman–Crippen LogP) is 4.75. The van der Waals surface area contributed by atoms with Crippen molar-refractivity contribution in [3.8, 4) is 0 Å². The van der Waals surface area contributed by atoms with Gasteiger partial charge in [0.05, 0.1) is 24.3 Å². The van der Waals surface area contributed by atoms with Crippen LogP contribution in [0.3, 0.4) is 0 Å². The van der Waals surface area contributed by atoms with E-state index in [0.717, 1.165) is 10.5 Å². The van der Waals surface area contributed by atoms with Crippen molar-refractivity contribution in [3.63, 3.8) is 0 Å². The van der Waals surface area contributed by atoms with Gasteiger partial charge < -0.3 is 14.7 Å². The quantitative estimate of drug-likeness (QED) is 0.322. The third-order valence-electron chi connectivity index (χ3n) is 7.17. The summed E-state index contributed by atoms with van der Waals surface area (Å²) < 4.78 is 5.39. The molecule has 2 heterocycles. The highest BCUT2D eigenvalue weighted by Crippen LogP contribution is 2.51. The summed E-state index contributed by atoms with van der Waals surface area (Å²) >= 11 is 0.